The minimum Gasteiger partial charge on any atom is -0.309 e. The van der Waals surface area contributed by atoms with Crippen molar-refractivity contribution in [2.45, 2.75) is 6.42 Å². The molecule has 18 aromatic carbocycles. The highest BCUT2D eigenvalue weighted by Crippen LogP contribution is 2.45. The normalized spacial score (nSPS) is 11.4. The van der Waals surface area contributed by atoms with Crippen LogP contribution in [0.25, 0.3) is 201 Å². The van der Waals surface area contributed by atoms with Crippen molar-refractivity contribution in [1.29, 1.82) is 0 Å². The molecule has 0 saturated heterocycles. The lowest BCUT2D eigenvalue weighted by atomic mass is 9.97. The van der Waals surface area contributed by atoms with E-state index in [2.05, 4.69) is 358 Å². The Bertz CT molecular complexity index is 7360. The van der Waals surface area contributed by atoms with Crippen molar-refractivity contribution >= 4 is 43.6 Å². The van der Waals surface area contributed by atoms with Gasteiger partial charge in [-0.25, -0.2) is 38.7 Å². The highest BCUT2D eigenvalue weighted by molar-refractivity contribution is 6.13. The van der Waals surface area contributed by atoms with Crippen molar-refractivity contribution in [3.8, 4) is 158 Å². The molecule has 0 amide bonds. The van der Waals surface area contributed by atoms with Gasteiger partial charge in [-0.2, -0.15) is 0 Å². The number of benzene rings is 18. The van der Waals surface area contributed by atoms with Crippen LogP contribution in [0.4, 0.5) is 8.78 Å². The van der Waals surface area contributed by atoms with Gasteiger partial charge in [-0.3, -0.25) is 0 Å². The molecule has 0 radical (unpaired) electrons. The fourth-order valence-corrected chi connectivity index (χ4v) is 17.2. The smallest absolute Gasteiger partial charge is 0.164 e. The monoisotopic (exact) mass is 1610 g/mol. The molecular formula is C115H76F2N8. The van der Waals surface area contributed by atoms with Crippen LogP contribution in [0.1, 0.15) is 11.1 Å². The summed E-state index contributed by atoms with van der Waals surface area (Å²) >= 11 is 0. The Balaban J connectivity index is 0.000000151. The molecular weight excluding hydrogens is 1530 g/mol. The number of nitrogens with zero attached hydrogens (tertiary/aromatic N) is 8. The van der Waals surface area contributed by atoms with Crippen LogP contribution >= 0.6 is 0 Å². The highest BCUT2D eigenvalue weighted by Gasteiger charge is 2.25. The second kappa shape index (κ2) is 33.6. The molecule has 0 aliphatic heterocycles. The predicted octanol–water partition coefficient (Wildman–Crippen LogP) is 29.5. The fraction of sp³-hybridized carbons (Fsp3) is 0.00870. The number of aromatic nitrogens is 8. The van der Waals surface area contributed by atoms with Crippen molar-refractivity contribution in [3.05, 3.63) is 472 Å². The Morgan fingerprint density at radius 3 is 0.784 bits per heavy atom. The third-order valence-electron chi connectivity index (χ3n) is 23.3. The van der Waals surface area contributed by atoms with E-state index in [4.69, 9.17) is 15.0 Å². The topological polar surface area (TPSA) is 87.2 Å². The van der Waals surface area contributed by atoms with E-state index in [0.29, 0.717) is 29.1 Å². The van der Waals surface area contributed by atoms with E-state index in [-0.39, 0.29) is 11.4 Å². The number of hydrogen-bond donors (Lipinski definition) is 0. The lowest BCUT2D eigenvalue weighted by Gasteiger charge is -2.17. The molecule has 0 spiro atoms. The van der Waals surface area contributed by atoms with Crippen LogP contribution < -0.4 is 0 Å². The van der Waals surface area contributed by atoms with Crippen molar-refractivity contribution in [3.63, 3.8) is 0 Å². The summed E-state index contributed by atoms with van der Waals surface area (Å²) in [5.74, 6) is 1.55. The summed E-state index contributed by atoms with van der Waals surface area (Å²) in [6, 6.07) is 155. The maximum atomic E-state index is 13.6. The largest absolute Gasteiger partial charge is 0.309 e. The summed E-state index contributed by atoms with van der Waals surface area (Å²) < 4.78 is 32.2. The van der Waals surface area contributed by atoms with Gasteiger partial charge in [0.2, 0.25) is 0 Å². The van der Waals surface area contributed by atoms with E-state index in [1.807, 2.05) is 97.1 Å². The quantitative estimate of drug-likeness (QED) is 0.108. The van der Waals surface area contributed by atoms with Crippen molar-refractivity contribution < 1.29 is 8.78 Å². The molecule has 0 saturated carbocycles. The number of fused-ring (bicyclic) bond motifs is 9. The van der Waals surface area contributed by atoms with Gasteiger partial charge in [0.1, 0.15) is 11.6 Å². The zero-order valence-corrected chi connectivity index (χ0v) is 67.8. The average Bonchev–Trinajstić information content (AvgIpc) is 1.57. The lowest BCUT2D eigenvalue weighted by Crippen LogP contribution is -2.03. The zero-order chi connectivity index (χ0) is 83.5. The molecule has 4 aromatic heterocycles. The van der Waals surface area contributed by atoms with Crippen molar-refractivity contribution in [1.82, 2.24) is 39.0 Å². The van der Waals surface area contributed by atoms with Crippen LogP contribution in [0.15, 0.2) is 449 Å². The molecule has 0 N–H and O–H groups in total. The Labute approximate surface area is 722 Å². The molecule has 590 valence electrons. The Hall–Kier alpha value is -16.6. The molecule has 22 aromatic rings. The van der Waals surface area contributed by atoms with Gasteiger partial charge in [0.25, 0.3) is 0 Å². The first-order valence-corrected chi connectivity index (χ1v) is 41.9. The molecule has 0 unspecified atom stereocenters. The zero-order valence-electron chi connectivity index (χ0n) is 67.8. The summed E-state index contributed by atoms with van der Waals surface area (Å²) in [6.07, 6.45) is 1.03. The maximum absolute atomic E-state index is 13.6. The molecule has 0 fully saturated rings. The lowest BCUT2D eigenvalue weighted by molar-refractivity contribution is 0.584. The van der Waals surface area contributed by atoms with Crippen LogP contribution in [-0.4, -0.2) is 39.0 Å². The van der Waals surface area contributed by atoms with Gasteiger partial charge < -0.3 is 9.13 Å². The molecule has 10 heteroatoms. The van der Waals surface area contributed by atoms with Gasteiger partial charge in [0.15, 0.2) is 34.9 Å². The van der Waals surface area contributed by atoms with E-state index >= 15 is 0 Å². The van der Waals surface area contributed by atoms with Crippen LogP contribution in [-0.2, 0) is 6.42 Å². The number of rotatable bonds is 14. The van der Waals surface area contributed by atoms with Gasteiger partial charge in [-0.05, 0) is 168 Å². The first kappa shape index (κ1) is 75.9. The van der Waals surface area contributed by atoms with Crippen LogP contribution in [0.5, 0.6) is 0 Å². The SMILES string of the molecule is Fc1cc(F)cc(-c2nc(-c3ccccc3)nc(-c3ccccc3)n2)c1.c1ccc(-c2ccc3c(c2)Cc2ccc(-c4ccccc4)cc2-3)cc1.c1ccc(-c2ccc3c(c2)c2ccc(-c4ccccc4)cc2n3-c2cc(-c3nc(-c4ccccc4)nc(-c4ccccc4)n3)cc(-n3c4ccc(-c5ccccc5)cc4c4ccc(-c5ccccc5)cc43)c2)cc1. The van der Waals surface area contributed by atoms with Gasteiger partial charge in [-0.15, -0.1) is 0 Å². The molecule has 0 atom stereocenters. The van der Waals surface area contributed by atoms with Gasteiger partial charge >= 0.3 is 0 Å². The summed E-state index contributed by atoms with van der Waals surface area (Å²) in [5, 5.41) is 4.67. The minimum absolute atomic E-state index is 0.219. The van der Waals surface area contributed by atoms with Gasteiger partial charge in [0, 0.05) is 72.4 Å². The molecule has 1 aliphatic carbocycles. The third-order valence-corrected chi connectivity index (χ3v) is 23.3. The molecule has 23 rings (SSSR count). The number of hydrogen-bond acceptors (Lipinski definition) is 6. The summed E-state index contributed by atoms with van der Waals surface area (Å²) in [5.41, 5.74) is 31.0. The second-order valence-electron chi connectivity index (χ2n) is 31.2. The first-order chi connectivity index (χ1) is 61.7. The minimum atomic E-state index is -0.678. The van der Waals surface area contributed by atoms with Gasteiger partial charge in [-0.1, -0.05) is 370 Å². The van der Waals surface area contributed by atoms with E-state index in [1.54, 1.807) is 0 Å². The molecule has 1 aliphatic rings. The standard InChI is InChI=1S/C69H45N5.C25H18.C21H13F2N3/c1-7-19-46(20-8-1)52-33-37-63-61(41-52)59-35-31-54(48-23-11-3-12-24-48)43-65(59)73(63)57-39-56(69-71-67(50-27-15-5-16-28-50)70-68(72-69)51-29-17-6-18-30-51)40-58(45-57)74-64-38-34-53(47-21-9-2-10-22-47)42-62(64)60-36-32-55(44-66(60)74)49-25-13-4-14-26-49;1-3-7-18(8-4-1)20-13-14-24-23(15-20)16-22-12-11-21(17-25(22)24)19-9-5-2-6-10-19;22-17-11-16(12-18(23)13-17)21-25-19(14-7-3-1-4-8-14)24-20(26-21)15-9-5-2-6-10-15/h1-45H;1-15,17H,16H2;1-13H. The second-order valence-corrected chi connectivity index (χ2v) is 31.2. The highest BCUT2D eigenvalue weighted by atomic mass is 19.1. The van der Waals surface area contributed by atoms with Crippen LogP contribution in [0.3, 0.4) is 0 Å². The molecule has 8 nitrogen and oxygen atoms in total. The van der Waals surface area contributed by atoms with Crippen LogP contribution in [0, 0.1) is 11.6 Å². The molecule has 4 heterocycles. The summed E-state index contributed by atoms with van der Waals surface area (Å²) in [6.45, 7) is 0. The average molecular weight is 1610 g/mol. The Morgan fingerprint density at radius 1 is 0.168 bits per heavy atom. The molecule has 125 heavy (non-hydrogen) atoms. The van der Waals surface area contributed by atoms with Crippen molar-refractivity contribution in [2.24, 2.45) is 0 Å². The summed E-state index contributed by atoms with van der Waals surface area (Å²) in [7, 11) is 0. The van der Waals surface area contributed by atoms with E-state index < -0.39 is 11.6 Å². The summed E-state index contributed by atoms with van der Waals surface area (Å²) in [4.78, 5) is 29.2. The van der Waals surface area contributed by atoms with Gasteiger partial charge in [0.05, 0.1) is 22.1 Å². The van der Waals surface area contributed by atoms with E-state index in [1.165, 1.54) is 100 Å². The Kier molecular flexibility index (Phi) is 20.4. The predicted molar refractivity (Wildman–Crippen MR) is 508 cm³/mol. The first-order valence-electron chi connectivity index (χ1n) is 41.9. The van der Waals surface area contributed by atoms with E-state index in [9.17, 15) is 8.78 Å². The Morgan fingerprint density at radius 2 is 0.440 bits per heavy atom. The maximum Gasteiger partial charge on any atom is 0.164 e. The van der Waals surface area contributed by atoms with E-state index in [0.717, 1.165) is 96.0 Å². The third kappa shape index (κ3) is 15.5. The molecule has 0 bridgehead atoms. The number of halogens is 2. The van der Waals surface area contributed by atoms with Crippen LogP contribution in [0.2, 0.25) is 0 Å². The fourth-order valence-electron chi connectivity index (χ4n) is 17.2. The van der Waals surface area contributed by atoms with Crippen molar-refractivity contribution in [2.75, 3.05) is 0 Å².